The zero-order valence-electron chi connectivity index (χ0n) is 7.99. The highest BCUT2D eigenvalue weighted by Gasteiger charge is 2.45. The molecule has 1 rings (SSSR count). The zero-order chi connectivity index (χ0) is 13.2. The molecule has 1 aromatic rings. The summed E-state index contributed by atoms with van der Waals surface area (Å²) in [5.74, 6) is -1.82. The molecule has 0 aliphatic carbocycles. The molecule has 0 saturated heterocycles. The second-order valence-corrected chi connectivity index (χ2v) is 3.92. The number of hydrogen-bond acceptors (Lipinski definition) is 1. The van der Waals surface area contributed by atoms with Crippen molar-refractivity contribution >= 4 is 34.8 Å². The molecule has 1 aromatic carbocycles. The van der Waals surface area contributed by atoms with Gasteiger partial charge in [-0.2, -0.15) is 13.2 Å². The van der Waals surface area contributed by atoms with Crippen LogP contribution in [-0.4, -0.2) is 18.3 Å². The summed E-state index contributed by atoms with van der Waals surface area (Å²) in [7, 11) is 0. The molecule has 94 valence electrons. The van der Waals surface area contributed by atoms with E-state index in [9.17, 15) is 22.4 Å². The van der Waals surface area contributed by atoms with E-state index >= 15 is 0 Å². The molecule has 0 aliphatic rings. The number of halogens is 6. The van der Waals surface area contributed by atoms with Crippen molar-refractivity contribution in [3.8, 4) is 0 Å². The average molecular weight is 290 g/mol. The second-order valence-electron chi connectivity index (χ2n) is 3.05. The van der Waals surface area contributed by atoms with Crippen LogP contribution in [0.2, 0.25) is 10.0 Å². The number of rotatable bonds is 2. The Kier molecular flexibility index (Phi) is 4.21. The molecule has 0 spiro atoms. The van der Waals surface area contributed by atoms with E-state index < -0.39 is 18.3 Å². The van der Waals surface area contributed by atoms with Crippen molar-refractivity contribution in [1.29, 1.82) is 0 Å². The van der Waals surface area contributed by atoms with Crippen molar-refractivity contribution in [1.82, 2.24) is 0 Å². The number of carbonyl (C=O) groups excluding carboxylic acids is 1. The van der Waals surface area contributed by atoms with Gasteiger partial charge in [0.05, 0.1) is 0 Å². The Hall–Kier alpha value is -1.01. The molecule has 0 aliphatic heterocycles. The fraction of sp³-hybridized carbons (Fsp3) is 0.222. The molecule has 8 heteroatoms. The standard InChI is InChI=1S/C9H5Cl2F4NO/c10-4-1-5(11)3-6(2-4)16-8(17)7(12)9(13,14)15/h1-3,7H,(H,16,17). The lowest BCUT2D eigenvalue weighted by atomic mass is 10.3. The number of benzene rings is 1. The van der Waals surface area contributed by atoms with Crippen LogP contribution in [0, 0.1) is 0 Å². The lowest BCUT2D eigenvalue weighted by Gasteiger charge is -2.12. The smallest absolute Gasteiger partial charge is 0.323 e. The first-order valence-electron chi connectivity index (χ1n) is 4.18. The number of anilines is 1. The highest BCUT2D eigenvalue weighted by molar-refractivity contribution is 6.35. The van der Waals surface area contributed by atoms with Crippen molar-refractivity contribution in [3.05, 3.63) is 28.2 Å². The van der Waals surface area contributed by atoms with E-state index in [4.69, 9.17) is 23.2 Å². The van der Waals surface area contributed by atoms with Crippen LogP contribution in [0.5, 0.6) is 0 Å². The second kappa shape index (κ2) is 5.10. The molecule has 2 nitrogen and oxygen atoms in total. The Morgan fingerprint density at radius 3 is 2.06 bits per heavy atom. The highest BCUT2D eigenvalue weighted by atomic mass is 35.5. The van der Waals surface area contributed by atoms with Crippen LogP contribution in [0.15, 0.2) is 18.2 Å². The number of hydrogen-bond donors (Lipinski definition) is 1. The lowest BCUT2D eigenvalue weighted by Crippen LogP contribution is -2.36. The fourth-order valence-electron chi connectivity index (χ4n) is 0.980. The normalized spacial score (nSPS) is 13.3. The van der Waals surface area contributed by atoms with Crippen molar-refractivity contribution in [3.63, 3.8) is 0 Å². The number of carbonyl (C=O) groups is 1. The first kappa shape index (κ1) is 14.1. The topological polar surface area (TPSA) is 29.1 Å². The van der Waals surface area contributed by atoms with Gasteiger partial charge in [0.25, 0.3) is 12.1 Å². The van der Waals surface area contributed by atoms with E-state index in [1.165, 1.54) is 6.07 Å². The molecule has 0 bridgehead atoms. The maximum absolute atomic E-state index is 12.6. The summed E-state index contributed by atoms with van der Waals surface area (Å²) in [4.78, 5) is 10.9. The van der Waals surface area contributed by atoms with Gasteiger partial charge >= 0.3 is 6.18 Å². The molecule has 1 atom stereocenters. The first-order chi connectivity index (χ1) is 7.70. The predicted octanol–water partition coefficient (Wildman–Crippen LogP) is 3.83. The van der Waals surface area contributed by atoms with E-state index in [0.29, 0.717) is 0 Å². The predicted molar refractivity (Wildman–Crippen MR) is 56.0 cm³/mol. The average Bonchev–Trinajstić information content (AvgIpc) is 2.13. The quantitative estimate of drug-likeness (QED) is 0.824. The largest absolute Gasteiger partial charge is 0.428 e. The lowest BCUT2D eigenvalue weighted by molar-refractivity contribution is -0.183. The Morgan fingerprint density at radius 2 is 1.65 bits per heavy atom. The maximum atomic E-state index is 12.6. The van der Waals surface area contributed by atoms with Crippen molar-refractivity contribution in [2.24, 2.45) is 0 Å². The van der Waals surface area contributed by atoms with Crippen LogP contribution in [0.25, 0.3) is 0 Å². The molecule has 0 saturated carbocycles. The van der Waals surface area contributed by atoms with Gasteiger partial charge in [-0.05, 0) is 18.2 Å². The van der Waals surface area contributed by atoms with Crippen LogP contribution in [0.1, 0.15) is 0 Å². The van der Waals surface area contributed by atoms with Crippen molar-refractivity contribution in [2.75, 3.05) is 5.32 Å². The molecular weight excluding hydrogens is 285 g/mol. The van der Waals surface area contributed by atoms with E-state index in [1.54, 1.807) is 5.32 Å². The van der Waals surface area contributed by atoms with Crippen LogP contribution < -0.4 is 5.32 Å². The fourth-order valence-corrected chi connectivity index (χ4v) is 1.51. The maximum Gasteiger partial charge on any atom is 0.428 e. The molecule has 0 heterocycles. The van der Waals surface area contributed by atoms with Gasteiger partial charge in [0.1, 0.15) is 0 Å². The summed E-state index contributed by atoms with van der Waals surface area (Å²) in [6.45, 7) is 0. The van der Waals surface area contributed by atoms with Gasteiger partial charge in [0.15, 0.2) is 0 Å². The Balaban J connectivity index is 2.81. The number of amides is 1. The third-order valence-corrected chi connectivity index (χ3v) is 2.08. The van der Waals surface area contributed by atoms with Gasteiger partial charge in [-0.25, -0.2) is 4.39 Å². The molecule has 1 unspecified atom stereocenters. The van der Waals surface area contributed by atoms with Crippen LogP contribution in [-0.2, 0) is 4.79 Å². The summed E-state index contributed by atoms with van der Waals surface area (Å²) >= 11 is 11.1. The molecule has 0 fully saturated rings. The van der Waals surface area contributed by atoms with Gasteiger partial charge in [0, 0.05) is 15.7 Å². The summed E-state index contributed by atoms with van der Waals surface area (Å²) in [6, 6.07) is 3.61. The minimum Gasteiger partial charge on any atom is -0.323 e. The minimum atomic E-state index is -5.24. The van der Waals surface area contributed by atoms with Gasteiger partial charge in [-0.15, -0.1) is 0 Å². The van der Waals surface area contributed by atoms with Crippen LogP contribution in [0.3, 0.4) is 0 Å². The molecular formula is C9H5Cl2F4NO. The SMILES string of the molecule is O=C(Nc1cc(Cl)cc(Cl)c1)C(F)C(F)(F)F. The van der Waals surface area contributed by atoms with Gasteiger partial charge < -0.3 is 5.32 Å². The summed E-state index contributed by atoms with van der Waals surface area (Å²) in [6.07, 6.45) is -8.84. The minimum absolute atomic E-state index is 0.107. The van der Waals surface area contributed by atoms with E-state index in [0.717, 1.165) is 12.1 Å². The van der Waals surface area contributed by atoms with Crippen LogP contribution in [0.4, 0.5) is 23.2 Å². The monoisotopic (exact) mass is 289 g/mol. The summed E-state index contributed by atoms with van der Waals surface area (Å²) < 4.78 is 48.2. The van der Waals surface area contributed by atoms with E-state index in [-0.39, 0.29) is 15.7 Å². The van der Waals surface area contributed by atoms with Gasteiger partial charge in [-0.3, -0.25) is 4.79 Å². The number of alkyl halides is 4. The van der Waals surface area contributed by atoms with Gasteiger partial charge in [-0.1, -0.05) is 23.2 Å². The van der Waals surface area contributed by atoms with Gasteiger partial charge in [0.2, 0.25) is 0 Å². The summed E-state index contributed by atoms with van der Waals surface area (Å²) in [5.41, 5.74) is -0.112. The van der Waals surface area contributed by atoms with Crippen molar-refractivity contribution in [2.45, 2.75) is 12.3 Å². The number of nitrogens with one attached hydrogen (secondary N) is 1. The van der Waals surface area contributed by atoms with Crippen LogP contribution >= 0.6 is 23.2 Å². The Morgan fingerprint density at radius 1 is 1.18 bits per heavy atom. The Labute approximate surface area is 104 Å². The van der Waals surface area contributed by atoms with E-state index in [1.807, 2.05) is 0 Å². The summed E-state index contributed by atoms with van der Waals surface area (Å²) in [5, 5.41) is 1.94. The zero-order valence-corrected chi connectivity index (χ0v) is 9.50. The van der Waals surface area contributed by atoms with Crippen molar-refractivity contribution < 1.29 is 22.4 Å². The molecule has 1 amide bonds. The molecule has 17 heavy (non-hydrogen) atoms. The molecule has 0 aromatic heterocycles. The first-order valence-corrected chi connectivity index (χ1v) is 4.93. The molecule has 0 radical (unpaired) electrons. The third kappa shape index (κ3) is 4.05. The highest BCUT2D eigenvalue weighted by Crippen LogP contribution is 2.26. The van der Waals surface area contributed by atoms with E-state index in [2.05, 4.69) is 0 Å². The third-order valence-electron chi connectivity index (χ3n) is 1.65. The Bertz CT molecular complexity index is 415. The molecule has 1 N–H and O–H groups in total.